The normalized spacial score (nSPS) is 10.5. The molecule has 0 saturated heterocycles. The minimum absolute atomic E-state index is 0.0825. The van der Waals surface area contributed by atoms with Gasteiger partial charge in [0.05, 0.1) is 0 Å². The summed E-state index contributed by atoms with van der Waals surface area (Å²) in [5.41, 5.74) is 4.53. The summed E-state index contributed by atoms with van der Waals surface area (Å²) in [7, 11) is 1.78. The number of halogens is 1. The third kappa shape index (κ3) is 3.42. The summed E-state index contributed by atoms with van der Waals surface area (Å²) in [6.45, 7) is 6.03. The molecule has 0 saturated carbocycles. The SMILES string of the molecule is CCc1cc(C(=O)N(C)c2ccc(C)cc2C)cc(Cl)n1. The van der Waals surface area contributed by atoms with Crippen LogP contribution < -0.4 is 4.90 Å². The molecule has 1 amide bonds. The topological polar surface area (TPSA) is 33.2 Å². The van der Waals surface area contributed by atoms with Crippen molar-refractivity contribution in [1.29, 1.82) is 0 Å². The number of rotatable bonds is 3. The van der Waals surface area contributed by atoms with E-state index in [4.69, 9.17) is 11.6 Å². The lowest BCUT2D eigenvalue weighted by Gasteiger charge is -2.20. The van der Waals surface area contributed by atoms with E-state index in [1.807, 2.05) is 32.9 Å². The molecule has 3 nitrogen and oxygen atoms in total. The van der Waals surface area contributed by atoms with Gasteiger partial charge in [-0.1, -0.05) is 36.2 Å². The number of nitrogens with zero attached hydrogens (tertiary/aromatic N) is 2. The van der Waals surface area contributed by atoms with Gasteiger partial charge in [-0.3, -0.25) is 4.79 Å². The largest absolute Gasteiger partial charge is 0.311 e. The number of anilines is 1. The Hall–Kier alpha value is -1.87. The van der Waals surface area contributed by atoms with Crippen LogP contribution in [0.1, 0.15) is 34.1 Å². The lowest BCUT2D eigenvalue weighted by molar-refractivity contribution is 0.0992. The number of carbonyl (C=O) groups is 1. The first-order chi connectivity index (χ1) is 9.92. The summed E-state index contributed by atoms with van der Waals surface area (Å²) in [5.74, 6) is -0.0825. The molecule has 0 fully saturated rings. The fraction of sp³-hybridized carbons (Fsp3) is 0.294. The summed E-state index contributed by atoms with van der Waals surface area (Å²) in [6, 6.07) is 9.45. The average Bonchev–Trinajstić information content (AvgIpc) is 2.45. The number of carbonyl (C=O) groups excluding carboxylic acids is 1. The van der Waals surface area contributed by atoms with Crippen LogP contribution in [0.15, 0.2) is 30.3 Å². The smallest absolute Gasteiger partial charge is 0.258 e. The fourth-order valence-corrected chi connectivity index (χ4v) is 2.57. The van der Waals surface area contributed by atoms with E-state index in [0.717, 1.165) is 23.4 Å². The molecule has 4 heteroatoms. The third-order valence-corrected chi connectivity index (χ3v) is 3.67. The van der Waals surface area contributed by atoms with Crippen molar-refractivity contribution in [3.63, 3.8) is 0 Å². The molecule has 0 N–H and O–H groups in total. The van der Waals surface area contributed by atoms with Crippen molar-refractivity contribution < 1.29 is 4.79 Å². The maximum Gasteiger partial charge on any atom is 0.258 e. The Kier molecular flexibility index (Phi) is 4.63. The molecule has 0 unspecified atom stereocenters. The number of aryl methyl sites for hydroxylation is 3. The highest BCUT2D eigenvalue weighted by Crippen LogP contribution is 2.22. The van der Waals surface area contributed by atoms with Crippen molar-refractivity contribution in [3.05, 3.63) is 57.9 Å². The minimum atomic E-state index is -0.0825. The molecule has 1 heterocycles. The minimum Gasteiger partial charge on any atom is -0.311 e. The molecule has 2 rings (SSSR count). The van der Waals surface area contributed by atoms with E-state index >= 15 is 0 Å². The van der Waals surface area contributed by atoms with Crippen LogP contribution in [0.3, 0.4) is 0 Å². The molecule has 110 valence electrons. The van der Waals surface area contributed by atoms with E-state index in [0.29, 0.717) is 10.7 Å². The van der Waals surface area contributed by atoms with E-state index in [-0.39, 0.29) is 5.91 Å². The molecule has 2 aromatic rings. The van der Waals surface area contributed by atoms with E-state index in [1.54, 1.807) is 24.1 Å². The summed E-state index contributed by atoms with van der Waals surface area (Å²) in [5, 5.41) is 0.353. The first-order valence-electron chi connectivity index (χ1n) is 6.94. The Morgan fingerprint density at radius 3 is 2.57 bits per heavy atom. The summed E-state index contributed by atoms with van der Waals surface area (Å²) >= 11 is 5.99. The molecular formula is C17H19ClN2O. The molecule has 1 aromatic carbocycles. The van der Waals surface area contributed by atoms with Gasteiger partial charge < -0.3 is 4.90 Å². The molecular weight excluding hydrogens is 284 g/mol. The van der Waals surface area contributed by atoms with Crippen LogP contribution in [0.5, 0.6) is 0 Å². The second kappa shape index (κ2) is 6.27. The maximum absolute atomic E-state index is 12.6. The molecule has 0 aliphatic rings. The number of aromatic nitrogens is 1. The average molecular weight is 303 g/mol. The summed E-state index contributed by atoms with van der Waals surface area (Å²) < 4.78 is 0. The van der Waals surface area contributed by atoms with E-state index in [9.17, 15) is 4.79 Å². The third-order valence-electron chi connectivity index (χ3n) is 3.47. The van der Waals surface area contributed by atoms with E-state index < -0.39 is 0 Å². The lowest BCUT2D eigenvalue weighted by Crippen LogP contribution is -2.27. The van der Waals surface area contributed by atoms with Crippen molar-refractivity contribution in [2.45, 2.75) is 27.2 Å². The van der Waals surface area contributed by atoms with E-state index in [2.05, 4.69) is 11.1 Å². The monoisotopic (exact) mass is 302 g/mol. The van der Waals surface area contributed by atoms with E-state index in [1.165, 1.54) is 5.56 Å². The van der Waals surface area contributed by atoms with Crippen molar-refractivity contribution in [3.8, 4) is 0 Å². The Balaban J connectivity index is 2.37. The van der Waals surface area contributed by atoms with Gasteiger partial charge in [-0.2, -0.15) is 0 Å². The predicted octanol–water partition coefficient (Wildman–Crippen LogP) is 4.19. The Labute approximate surface area is 130 Å². The maximum atomic E-state index is 12.6. The Morgan fingerprint density at radius 2 is 1.95 bits per heavy atom. The predicted molar refractivity (Wildman–Crippen MR) is 87.3 cm³/mol. The van der Waals surface area contributed by atoms with Crippen LogP contribution >= 0.6 is 11.6 Å². The summed E-state index contributed by atoms with van der Waals surface area (Å²) in [6.07, 6.45) is 0.744. The van der Waals surface area contributed by atoms with Crippen LogP contribution in [0.25, 0.3) is 0 Å². The number of hydrogen-bond acceptors (Lipinski definition) is 2. The van der Waals surface area contributed by atoms with Gasteiger partial charge in [0.15, 0.2) is 0 Å². The van der Waals surface area contributed by atoms with Crippen LogP contribution in [0.4, 0.5) is 5.69 Å². The van der Waals surface area contributed by atoms with Crippen LogP contribution in [-0.2, 0) is 6.42 Å². The standard InChI is InChI=1S/C17H19ClN2O/c1-5-14-9-13(10-16(18)19-14)17(21)20(4)15-7-6-11(2)8-12(15)3/h6-10H,5H2,1-4H3. The molecule has 0 aliphatic carbocycles. The van der Waals surface area contributed by atoms with Gasteiger partial charge in [-0.15, -0.1) is 0 Å². The highest BCUT2D eigenvalue weighted by atomic mass is 35.5. The Morgan fingerprint density at radius 1 is 1.24 bits per heavy atom. The molecule has 0 bridgehead atoms. The molecule has 0 atom stereocenters. The lowest BCUT2D eigenvalue weighted by atomic mass is 10.1. The fourth-order valence-electron chi connectivity index (χ4n) is 2.34. The van der Waals surface area contributed by atoms with Crippen molar-refractivity contribution in [2.24, 2.45) is 0 Å². The first kappa shape index (κ1) is 15.5. The second-order valence-electron chi connectivity index (χ2n) is 5.18. The number of amides is 1. The van der Waals surface area contributed by atoms with Crippen molar-refractivity contribution >= 4 is 23.2 Å². The quantitative estimate of drug-likeness (QED) is 0.797. The molecule has 0 radical (unpaired) electrons. The first-order valence-corrected chi connectivity index (χ1v) is 7.32. The van der Waals surface area contributed by atoms with Gasteiger partial charge in [-0.05, 0) is 44.0 Å². The van der Waals surface area contributed by atoms with Gasteiger partial charge in [0.1, 0.15) is 5.15 Å². The van der Waals surface area contributed by atoms with Crippen LogP contribution in [0, 0.1) is 13.8 Å². The van der Waals surface area contributed by atoms with Crippen LogP contribution in [0.2, 0.25) is 5.15 Å². The van der Waals surface area contributed by atoms with Crippen molar-refractivity contribution in [2.75, 3.05) is 11.9 Å². The second-order valence-corrected chi connectivity index (χ2v) is 5.56. The molecule has 0 spiro atoms. The molecule has 21 heavy (non-hydrogen) atoms. The zero-order chi connectivity index (χ0) is 15.6. The highest BCUT2D eigenvalue weighted by molar-refractivity contribution is 6.29. The molecule has 1 aromatic heterocycles. The van der Waals surface area contributed by atoms with Gasteiger partial charge in [0.25, 0.3) is 5.91 Å². The molecule has 0 aliphatic heterocycles. The van der Waals surface area contributed by atoms with Crippen LogP contribution in [-0.4, -0.2) is 17.9 Å². The zero-order valence-electron chi connectivity index (χ0n) is 12.8. The van der Waals surface area contributed by atoms with Gasteiger partial charge >= 0.3 is 0 Å². The number of hydrogen-bond donors (Lipinski definition) is 0. The highest BCUT2D eigenvalue weighted by Gasteiger charge is 2.16. The van der Waals surface area contributed by atoms with Gasteiger partial charge in [0.2, 0.25) is 0 Å². The van der Waals surface area contributed by atoms with Gasteiger partial charge in [-0.25, -0.2) is 4.98 Å². The summed E-state index contributed by atoms with van der Waals surface area (Å²) in [4.78, 5) is 18.5. The van der Waals surface area contributed by atoms with Crippen molar-refractivity contribution in [1.82, 2.24) is 4.98 Å². The number of benzene rings is 1. The number of pyridine rings is 1. The van der Waals surface area contributed by atoms with Gasteiger partial charge in [0, 0.05) is 24.0 Å². The zero-order valence-corrected chi connectivity index (χ0v) is 13.5. The Bertz CT molecular complexity index is 682.